The molecule has 1 amide bonds. The van der Waals surface area contributed by atoms with Crippen LogP contribution in [-0.2, 0) is 13.1 Å². The van der Waals surface area contributed by atoms with Gasteiger partial charge >= 0.3 is 0 Å². The van der Waals surface area contributed by atoms with Gasteiger partial charge in [0, 0.05) is 23.5 Å². The maximum atomic E-state index is 13.0. The van der Waals surface area contributed by atoms with Crippen LogP contribution in [0.2, 0.25) is 5.02 Å². The minimum absolute atomic E-state index is 0.00330. The van der Waals surface area contributed by atoms with Gasteiger partial charge in [-0.05, 0) is 36.6 Å². The van der Waals surface area contributed by atoms with Gasteiger partial charge in [0.1, 0.15) is 0 Å². The Bertz CT molecular complexity index is 905. The number of pyridine rings is 1. The van der Waals surface area contributed by atoms with Crippen molar-refractivity contribution in [2.75, 3.05) is 0 Å². The molecule has 0 bridgehead atoms. The maximum absolute atomic E-state index is 13.0. The number of carbonyl (C=O) groups is 1. The average Bonchev–Trinajstić information content (AvgIpc) is 3.40. The summed E-state index contributed by atoms with van der Waals surface area (Å²) in [5, 5.41) is 5.04. The Hall–Kier alpha value is -2.66. The fourth-order valence-corrected chi connectivity index (χ4v) is 3.14. The zero-order chi connectivity index (χ0) is 17.9. The van der Waals surface area contributed by atoms with Crippen molar-refractivity contribution >= 4 is 17.5 Å². The fourth-order valence-electron chi connectivity index (χ4n) is 2.95. The number of hydrogen-bond acceptors (Lipinski definition) is 3. The zero-order valence-electron chi connectivity index (χ0n) is 14.3. The van der Waals surface area contributed by atoms with Crippen LogP contribution in [0.25, 0.3) is 0 Å². The van der Waals surface area contributed by atoms with E-state index in [9.17, 15) is 4.79 Å². The fraction of sp³-hybridized carbons (Fsp3) is 0.250. The monoisotopic (exact) mass is 366 g/mol. The second kappa shape index (κ2) is 7.30. The first-order valence-corrected chi connectivity index (χ1v) is 9.05. The summed E-state index contributed by atoms with van der Waals surface area (Å²) in [7, 11) is 0. The summed E-state index contributed by atoms with van der Waals surface area (Å²) in [6.07, 6.45) is 7.28. The number of halogens is 1. The molecule has 132 valence electrons. The molecular formula is C20H19ClN4O. The van der Waals surface area contributed by atoms with Crippen LogP contribution in [0.1, 0.15) is 34.5 Å². The van der Waals surface area contributed by atoms with E-state index >= 15 is 0 Å². The van der Waals surface area contributed by atoms with Crippen LogP contribution in [0, 0.1) is 0 Å². The Morgan fingerprint density at radius 1 is 1.19 bits per heavy atom. The van der Waals surface area contributed by atoms with Gasteiger partial charge in [-0.15, -0.1) is 0 Å². The molecule has 5 nitrogen and oxygen atoms in total. The average molecular weight is 367 g/mol. The second-order valence-corrected chi connectivity index (χ2v) is 6.91. The highest BCUT2D eigenvalue weighted by atomic mass is 35.5. The highest BCUT2D eigenvalue weighted by Crippen LogP contribution is 2.29. The third-order valence-corrected chi connectivity index (χ3v) is 4.85. The summed E-state index contributed by atoms with van der Waals surface area (Å²) in [4.78, 5) is 19.2. The lowest BCUT2D eigenvalue weighted by Crippen LogP contribution is -2.32. The van der Waals surface area contributed by atoms with E-state index in [1.54, 1.807) is 23.3 Å². The van der Waals surface area contributed by atoms with Gasteiger partial charge in [-0.25, -0.2) is 0 Å². The molecule has 0 radical (unpaired) electrons. The molecule has 1 aromatic carbocycles. The number of benzene rings is 1. The Morgan fingerprint density at radius 2 is 2.00 bits per heavy atom. The lowest BCUT2D eigenvalue weighted by molar-refractivity contribution is 0.0727. The van der Waals surface area contributed by atoms with Gasteiger partial charge in [0.15, 0.2) is 0 Å². The Morgan fingerprint density at radius 3 is 2.73 bits per heavy atom. The minimum atomic E-state index is 0.00330. The van der Waals surface area contributed by atoms with Gasteiger partial charge in [0.2, 0.25) is 0 Å². The Kier molecular flexibility index (Phi) is 4.71. The van der Waals surface area contributed by atoms with E-state index in [0.717, 1.165) is 24.1 Å². The quantitative estimate of drug-likeness (QED) is 0.667. The normalized spacial score (nSPS) is 13.6. The molecule has 0 spiro atoms. The van der Waals surface area contributed by atoms with Gasteiger partial charge in [-0.1, -0.05) is 35.9 Å². The minimum Gasteiger partial charge on any atom is -0.330 e. The van der Waals surface area contributed by atoms with E-state index in [1.807, 2.05) is 47.4 Å². The van der Waals surface area contributed by atoms with Crippen molar-refractivity contribution in [3.05, 3.63) is 82.9 Å². The van der Waals surface area contributed by atoms with Crippen molar-refractivity contribution in [2.45, 2.75) is 32.0 Å². The molecule has 3 aromatic rings. The Balaban J connectivity index is 1.50. The molecule has 1 aliphatic carbocycles. The van der Waals surface area contributed by atoms with Crippen molar-refractivity contribution < 1.29 is 4.79 Å². The molecule has 6 heteroatoms. The van der Waals surface area contributed by atoms with E-state index in [1.165, 1.54) is 0 Å². The number of rotatable bonds is 6. The van der Waals surface area contributed by atoms with E-state index in [0.29, 0.717) is 29.7 Å². The van der Waals surface area contributed by atoms with Crippen molar-refractivity contribution in [2.24, 2.45) is 0 Å². The summed E-state index contributed by atoms with van der Waals surface area (Å²) < 4.78 is 1.75. The van der Waals surface area contributed by atoms with Crippen LogP contribution >= 0.6 is 11.6 Å². The molecular weight excluding hydrogens is 348 g/mol. The van der Waals surface area contributed by atoms with E-state index in [2.05, 4.69) is 10.1 Å². The summed E-state index contributed by atoms with van der Waals surface area (Å²) >= 11 is 6.21. The number of amides is 1. The predicted molar refractivity (Wildman–Crippen MR) is 99.9 cm³/mol. The first-order chi connectivity index (χ1) is 12.7. The number of carbonyl (C=O) groups excluding carboxylic acids is 1. The molecule has 1 aliphatic rings. The summed E-state index contributed by atoms with van der Waals surface area (Å²) in [6, 6.07) is 13.7. The van der Waals surface area contributed by atoms with Crippen LogP contribution in [0.15, 0.2) is 61.1 Å². The number of aromatic nitrogens is 3. The first-order valence-electron chi connectivity index (χ1n) is 8.67. The molecule has 0 unspecified atom stereocenters. The van der Waals surface area contributed by atoms with Gasteiger partial charge in [0.05, 0.1) is 30.5 Å². The second-order valence-electron chi connectivity index (χ2n) is 6.50. The van der Waals surface area contributed by atoms with E-state index < -0.39 is 0 Å². The predicted octanol–water partition coefficient (Wildman–Crippen LogP) is 3.78. The number of hydrogen-bond donors (Lipinski definition) is 0. The highest BCUT2D eigenvalue weighted by molar-refractivity contribution is 6.31. The molecule has 4 rings (SSSR count). The molecule has 0 atom stereocenters. The third-order valence-electron chi connectivity index (χ3n) is 4.48. The molecule has 0 aliphatic heterocycles. The molecule has 0 N–H and O–H groups in total. The molecule has 1 fully saturated rings. The van der Waals surface area contributed by atoms with Gasteiger partial charge in [-0.3, -0.25) is 14.5 Å². The van der Waals surface area contributed by atoms with Gasteiger partial charge in [-0.2, -0.15) is 5.10 Å². The smallest absolute Gasteiger partial charge is 0.257 e. The Labute approximate surface area is 157 Å². The van der Waals surface area contributed by atoms with Crippen LogP contribution in [0.4, 0.5) is 0 Å². The van der Waals surface area contributed by atoms with Crippen LogP contribution in [0.5, 0.6) is 0 Å². The highest BCUT2D eigenvalue weighted by Gasteiger charge is 2.33. The molecule has 26 heavy (non-hydrogen) atoms. The van der Waals surface area contributed by atoms with Crippen LogP contribution in [-0.4, -0.2) is 31.6 Å². The van der Waals surface area contributed by atoms with Crippen LogP contribution in [0.3, 0.4) is 0 Å². The summed E-state index contributed by atoms with van der Waals surface area (Å²) in [5.74, 6) is 0.00330. The van der Waals surface area contributed by atoms with Gasteiger partial charge in [0.25, 0.3) is 5.91 Å². The lowest BCUT2D eigenvalue weighted by Gasteiger charge is -2.21. The maximum Gasteiger partial charge on any atom is 0.257 e. The first kappa shape index (κ1) is 16.8. The van der Waals surface area contributed by atoms with Crippen molar-refractivity contribution in [1.29, 1.82) is 0 Å². The molecule has 2 aromatic heterocycles. The molecule has 0 saturated heterocycles. The zero-order valence-corrected chi connectivity index (χ0v) is 15.0. The van der Waals surface area contributed by atoms with Crippen LogP contribution < -0.4 is 0 Å². The summed E-state index contributed by atoms with van der Waals surface area (Å²) in [6.45, 7) is 1.07. The molecule has 1 saturated carbocycles. The number of nitrogens with zero attached hydrogens (tertiary/aromatic N) is 4. The summed E-state index contributed by atoms with van der Waals surface area (Å²) in [5.41, 5.74) is 2.47. The molecule has 2 heterocycles. The van der Waals surface area contributed by atoms with Crippen molar-refractivity contribution in [3.63, 3.8) is 0 Å². The topological polar surface area (TPSA) is 51.0 Å². The lowest BCUT2D eigenvalue weighted by atomic mass is 10.2. The SMILES string of the molecule is O=C(c1cnn(Cc2ccccc2Cl)c1)N(Cc1ccccn1)C1CC1. The van der Waals surface area contributed by atoms with E-state index in [-0.39, 0.29) is 5.91 Å². The largest absolute Gasteiger partial charge is 0.330 e. The van der Waals surface area contributed by atoms with Crippen molar-refractivity contribution in [1.82, 2.24) is 19.7 Å². The van der Waals surface area contributed by atoms with Crippen molar-refractivity contribution in [3.8, 4) is 0 Å². The van der Waals surface area contributed by atoms with Gasteiger partial charge < -0.3 is 4.90 Å². The van der Waals surface area contributed by atoms with E-state index in [4.69, 9.17) is 11.6 Å². The standard InChI is InChI=1S/C20H19ClN4O/c21-19-7-2-1-5-15(19)12-24-13-16(11-23-24)20(26)25(18-8-9-18)14-17-6-3-4-10-22-17/h1-7,10-11,13,18H,8-9,12,14H2. The third kappa shape index (κ3) is 3.78.